The molecule has 4 nitrogen and oxygen atoms in total. The molecular weight excluding hydrogens is 537 g/mol. The average Bonchev–Trinajstić information content (AvgIpc) is 3.11. The van der Waals surface area contributed by atoms with E-state index >= 15 is 0 Å². The van der Waals surface area contributed by atoms with Crippen LogP contribution < -0.4 is 0 Å². The second-order valence-corrected chi connectivity index (χ2v) is 7.31. The summed E-state index contributed by atoms with van der Waals surface area (Å²) < 4.78 is 2.17. The minimum atomic E-state index is 0. The normalized spacial score (nSPS) is 10.8. The summed E-state index contributed by atoms with van der Waals surface area (Å²) in [5.41, 5.74) is 5.16. The molecule has 0 atom stereocenters. The van der Waals surface area contributed by atoms with E-state index in [-0.39, 0.29) is 20.1 Å². The molecule has 149 valence electrons. The standard InChI is InChI=1S/C24H23N4.Ir/c1-17(2)16-23-26-27-24(20-13-9-15-25-18(20)3)28(23)22-14-8-7-12-21(22)19-10-5-4-6-11-19;/h4-12,14-15,17H,16H2,1-3H3;/q-1;. The van der Waals surface area contributed by atoms with E-state index in [1.54, 1.807) is 6.20 Å². The van der Waals surface area contributed by atoms with Crippen LogP contribution in [-0.4, -0.2) is 19.7 Å². The number of benzene rings is 2. The first-order valence-electron chi connectivity index (χ1n) is 9.58. The van der Waals surface area contributed by atoms with Gasteiger partial charge in [0, 0.05) is 37.8 Å². The van der Waals surface area contributed by atoms with Crippen LogP contribution in [0.15, 0.2) is 66.9 Å². The molecule has 0 saturated carbocycles. The predicted octanol–water partition coefficient (Wildman–Crippen LogP) is 5.30. The van der Waals surface area contributed by atoms with Crippen LogP contribution in [0, 0.1) is 18.9 Å². The van der Waals surface area contributed by atoms with Gasteiger partial charge < -0.3 is 9.55 Å². The van der Waals surface area contributed by atoms with Crippen molar-refractivity contribution >= 4 is 0 Å². The van der Waals surface area contributed by atoms with E-state index in [0.717, 1.165) is 40.6 Å². The van der Waals surface area contributed by atoms with E-state index in [2.05, 4.69) is 88.2 Å². The number of para-hydroxylation sites is 1. The van der Waals surface area contributed by atoms with Gasteiger partial charge in [0.25, 0.3) is 0 Å². The molecule has 0 aliphatic carbocycles. The van der Waals surface area contributed by atoms with Crippen molar-refractivity contribution < 1.29 is 20.1 Å². The molecule has 0 amide bonds. The van der Waals surface area contributed by atoms with Gasteiger partial charge in [-0.2, -0.15) is 5.10 Å². The molecule has 0 saturated heterocycles. The van der Waals surface area contributed by atoms with Crippen molar-refractivity contribution in [1.29, 1.82) is 0 Å². The monoisotopic (exact) mass is 560 g/mol. The number of aromatic nitrogens is 4. The minimum absolute atomic E-state index is 0. The molecule has 5 heteroatoms. The van der Waals surface area contributed by atoms with Crippen molar-refractivity contribution in [2.24, 2.45) is 5.92 Å². The zero-order valence-electron chi connectivity index (χ0n) is 16.8. The maximum atomic E-state index is 4.55. The minimum Gasteiger partial charge on any atom is -0.357 e. The van der Waals surface area contributed by atoms with Crippen LogP contribution in [0.2, 0.25) is 0 Å². The van der Waals surface area contributed by atoms with Crippen LogP contribution in [0.5, 0.6) is 0 Å². The van der Waals surface area contributed by atoms with Crippen molar-refractivity contribution in [2.75, 3.05) is 0 Å². The van der Waals surface area contributed by atoms with Gasteiger partial charge in [-0.3, -0.25) is 0 Å². The second kappa shape index (κ2) is 9.25. The molecule has 4 aromatic rings. The maximum absolute atomic E-state index is 4.55. The third kappa shape index (κ3) is 4.36. The molecule has 0 aliphatic heterocycles. The van der Waals surface area contributed by atoms with Gasteiger partial charge >= 0.3 is 0 Å². The number of hydrogen-bond donors (Lipinski definition) is 0. The van der Waals surface area contributed by atoms with Crippen LogP contribution in [-0.2, 0) is 26.5 Å². The SMILES string of the molecule is Cc1ncc[c-]c1-c1nnc(CC(C)C)n1-c1ccccc1-c1ccccc1.[Ir]. The molecular formula is C24H23IrN4-. The zero-order valence-corrected chi connectivity index (χ0v) is 19.2. The van der Waals surface area contributed by atoms with E-state index in [9.17, 15) is 0 Å². The topological polar surface area (TPSA) is 43.6 Å². The molecule has 0 aliphatic rings. The molecule has 29 heavy (non-hydrogen) atoms. The fraction of sp³-hybridized carbons (Fsp3) is 0.208. The van der Waals surface area contributed by atoms with Gasteiger partial charge in [-0.25, -0.2) is 0 Å². The third-order valence-electron chi connectivity index (χ3n) is 4.71. The Labute approximate surface area is 185 Å². The van der Waals surface area contributed by atoms with Gasteiger partial charge in [0.1, 0.15) is 5.82 Å². The van der Waals surface area contributed by atoms with Gasteiger partial charge in [-0.1, -0.05) is 81.1 Å². The fourth-order valence-electron chi connectivity index (χ4n) is 3.42. The zero-order chi connectivity index (χ0) is 19.5. The van der Waals surface area contributed by atoms with Crippen LogP contribution in [0.3, 0.4) is 0 Å². The average molecular weight is 560 g/mol. The van der Waals surface area contributed by atoms with Gasteiger partial charge in [-0.15, -0.1) is 17.2 Å². The molecule has 0 fully saturated rings. The number of aryl methyl sites for hydroxylation is 1. The van der Waals surface area contributed by atoms with E-state index in [1.165, 1.54) is 5.56 Å². The van der Waals surface area contributed by atoms with Crippen molar-refractivity contribution in [3.05, 3.63) is 84.4 Å². The van der Waals surface area contributed by atoms with E-state index < -0.39 is 0 Å². The van der Waals surface area contributed by atoms with Crippen molar-refractivity contribution in [3.8, 4) is 28.2 Å². The molecule has 2 aromatic carbocycles. The summed E-state index contributed by atoms with van der Waals surface area (Å²) in [6.07, 6.45) is 2.60. The van der Waals surface area contributed by atoms with Crippen LogP contribution >= 0.6 is 0 Å². The van der Waals surface area contributed by atoms with Gasteiger partial charge in [0.15, 0.2) is 0 Å². The maximum Gasteiger partial charge on any atom is 0.128 e. The molecule has 1 radical (unpaired) electrons. The first kappa shape index (κ1) is 21.1. The molecule has 0 bridgehead atoms. The Bertz CT molecular complexity index is 1090. The Morgan fingerprint density at radius 3 is 2.41 bits per heavy atom. The summed E-state index contributed by atoms with van der Waals surface area (Å²) in [5.74, 6) is 2.20. The Morgan fingerprint density at radius 1 is 0.966 bits per heavy atom. The summed E-state index contributed by atoms with van der Waals surface area (Å²) >= 11 is 0. The summed E-state index contributed by atoms with van der Waals surface area (Å²) in [6, 6.07) is 24.0. The Kier molecular flexibility index (Phi) is 6.73. The Morgan fingerprint density at radius 2 is 1.69 bits per heavy atom. The number of hydrogen-bond acceptors (Lipinski definition) is 3. The van der Waals surface area contributed by atoms with Crippen molar-refractivity contribution in [1.82, 2.24) is 19.7 Å². The molecule has 0 N–H and O–H groups in total. The Hall–Kier alpha value is -2.62. The van der Waals surface area contributed by atoms with E-state index in [4.69, 9.17) is 0 Å². The Balaban J connectivity index is 0.00000240. The van der Waals surface area contributed by atoms with Crippen molar-refractivity contribution in [2.45, 2.75) is 27.2 Å². The first-order valence-corrected chi connectivity index (χ1v) is 9.58. The number of pyridine rings is 1. The van der Waals surface area contributed by atoms with E-state index in [1.807, 2.05) is 19.1 Å². The fourth-order valence-corrected chi connectivity index (χ4v) is 3.42. The second-order valence-electron chi connectivity index (χ2n) is 7.31. The van der Waals surface area contributed by atoms with Crippen LogP contribution in [0.25, 0.3) is 28.2 Å². The van der Waals surface area contributed by atoms with Gasteiger partial charge in [0.2, 0.25) is 0 Å². The molecule has 2 aromatic heterocycles. The number of rotatable bonds is 5. The van der Waals surface area contributed by atoms with Crippen molar-refractivity contribution in [3.63, 3.8) is 0 Å². The summed E-state index contributed by atoms with van der Waals surface area (Å²) in [4.78, 5) is 4.43. The quantitative estimate of drug-likeness (QED) is 0.312. The van der Waals surface area contributed by atoms with Gasteiger partial charge in [0.05, 0.1) is 5.82 Å². The summed E-state index contributed by atoms with van der Waals surface area (Å²) in [5, 5.41) is 9.10. The summed E-state index contributed by atoms with van der Waals surface area (Å²) in [7, 11) is 0. The van der Waals surface area contributed by atoms with Gasteiger partial charge in [-0.05, 0) is 23.2 Å². The predicted molar refractivity (Wildman–Crippen MR) is 112 cm³/mol. The molecule has 0 spiro atoms. The summed E-state index contributed by atoms with van der Waals surface area (Å²) in [6.45, 7) is 6.38. The number of nitrogens with zero attached hydrogens (tertiary/aromatic N) is 4. The van der Waals surface area contributed by atoms with Crippen LogP contribution in [0.4, 0.5) is 0 Å². The van der Waals surface area contributed by atoms with E-state index in [0.29, 0.717) is 5.92 Å². The molecule has 0 unspecified atom stereocenters. The smallest absolute Gasteiger partial charge is 0.128 e. The third-order valence-corrected chi connectivity index (χ3v) is 4.71. The molecule has 2 heterocycles. The first-order chi connectivity index (χ1) is 13.6. The largest absolute Gasteiger partial charge is 0.357 e. The van der Waals surface area contributed by atoms with Crippen LogP contribution in [0.1, 0.15) is 25.4 Å². The molecule has 4 rings (SSSR count).